The molecule has 2 heteroatoms. The van der Waals surface area contributed by atoms with Gasteiger partial charge in [-0.2, -0.15) is 0 Å². The Balaban J connectivity index is 5.59. The van der Waals surface area contributed by atoms with E-state index in [4.69, 9.17) is 0 Å². The maximum atomic E-state index is 2.62. The van der Waals surface area contributed by atoms with Gasteiger partial charge in [0.1, 0.15) is 8.24 Å². The molecule has 1 nitrogen and oxygen atoms in total. The van der Waals surface area contributed by atoms with Gasteiger partial charge >= 0.3 is 0 Å². The molecule has 0 fully saturated rings. The zero-order valence-electron chi connectivity index (χ0n) is 13.0. The number of rotatable bonds is 5. The first-order valence-electron chi connectivity index (χ1n) is 6.83. The SMILES string of the molecule is CCC(C)[Si](C(C)CC)(N(C)C)C(C)(C)C. The molecule has 16 heavy (non-hydrogen) atoms. The smallest absolute Gasteiger partial charge is 0.139 e. The largest absolute Gasteiger partial charge is 0.328 e. The summed E-state index contributed by atoms with van der Waals surface area (Å²) < 4.78 is 2.62. The maximum Gasteiger partial charge on any atom is 0.139 e. The average Bonchev–Trinajstić information content (AvgIpc) is 2.15. The van der Waals surface area contributed by atoms with E-state index in [0.29, 0.717) is 5.04 Å². The van der Waals surface area contributed by atoms with Gasteiger partial charge in [-0.25, -0.2) is 0 Å². The van der Waals surface area contributed by atoms with Gasteiger partial charge in [0.05, 0.1) is 0 Å². The molecule has 0 heterocycles. The van der Waals surface area contributed by atoms with Crippen LogP contribution < -0.4 is 0 Å². The van der Waals surface area contributed by atoms with Crippen molar-refractivity contribution in [2.75, 3.05) is 14.1 Å². The summed E-state index contributed by atoms with van der Waals surface area (Å²) in [4.78, 5) is 0. The lowest BCUT2D eigenvalue weighted by molar-refractivity contribution is 0.477. The average molecular weight is 244 g/mol. The molecule has 0 aromatic heterocycles. The zero-order valence-corrected chi connectivity index (χ0v) is 14.0. The second-order valence-electron chi connectivity index (χ2n) is 6.59. The van der Waals surface area contributed by atoms with Gasteiger partial charge in [0.15, 0.2) is 0 Å². The predicted molar refractivity (Wildman–Crippen MR) is 78.6 cm³/mol. The molecule has 0 spiro atoms. The van der Waals surface area contributed by atoms with Crippen LogP contribution in [0.1, 0.15) is 61.3 Å². The van der Waals surface area contributed by atoms with Gasteiger partial charge in [0, 0.05) is 0 Å². The summed E-state index contributed by atoms with van der Waals surface area (Å²) in [5, 5.41) is 0.446. The topological polar surface area (TPSA) is 3.24 Å². The summed E-state index contributed by atoms with van der Waals surface area (Å²) in [7, 11) is 3.18. The molecule has 0 saturated carbocycles. The monoisotopic (exact) mass is 243 g/mol. The van der Waals surface area contributed by atoms with Gasteiger partial charge in [-0.1, -0.05) is 61.3 Å². The number of hydrogen-bond donors (Lipinski definition) is 0. The van der Waals surface area contributed by atoms with Gasteiger partial charge in [-0.05, 0) is 30.2 Å². The minimum atomic E-state index is -1.45. The molecule has 0 aliphatic heterocycles. The van der Waals surface area contributed by atoms with Crippen LogP contribution in [0.3, 0.4) is 0 Å². The van der Waals surface area contributed by atoms with E-state index >= 15 is 0 Å². The van der Waals surface area contributed by atoms with Crippen molar-refractivity contribution in [1.82, 2.24) is 4.57 Å². The van der Waals surface area contributed by atoms with E-state index in [1.807, 2.05) is 0 Å². The van der Waals surface area contributed by atoms with Crippen molar-refractivity contribution in [3.05, 3.63) is 0 Å². The highest BCUT2D eigenvalue weighted by atomic mass is 28.3. The Labute approximate surface area is 105 Å². The van der Waals surface area contributed by atoms with Crippen LogP contribution in [-0.2, 0) is 0 Å². The fraction of sp³-hybridized carbons (Fsp3) is 1.00. The molecule has 0 amide bonds. The summed E-state index contributed by atoms with van der Waals surface area (Å²) >= 11 is 0. The van der Waals surface area contributed by atoms with Crippen LogP contribution in [0, 0.1) is 0 Å². The summed E-state index contributed by atoms with van der Waals surface area (Å²) in [6.45, 7) is 17.0. The van der Waals surface area contributed by atoms with Gasteiger partial charge in [0.25, 0.3) is 0 Å². The molecule has 0 aromatic rings. The third-order valence-electron chi connectivity index (χ3n) is 4.67. The van der Waals surface area contributed by atoms with Gasteiger partial charge < -0.3 is 4.57 Å². The molecule has 2 atom stereocenters. The number of nitrogens with zero attached hydrogens (tertiary/aromatic N) is 1. The van der Waals surface area contributed by atoms with Crippen molar-refractivity contribution in [2.45, 2.75) is 77.4 Å². The first-order chi connectivity index (χ1) is 7.16. The van der Waals surface area contributed by atoms with Crippen LogP contribution in [0.5, 0.6) is 0 Å². The summed E-state index contributed by atoms with van der Waals surface area (Å²) in [6, 6.07) is 0. The van der Waals surface area contributed by atoms with Crippen LogP contribution >= 0.6 is 0 Å². The van der Waals surface area contributed by atoms with E-state index < -0.39 is 8.24 Å². The molecule has 2 unspecified atom stereocenters. The first kappa shape index (κ1) is 16.2. The molecular weight excluding hydrogens is 210 g/mol. The highest BCUT2D eigenvalue weighted by molar-refractivity contribution is 6.82. The van der Waals surface area contributed by atoms with Crippen molar-refractivity contribution in [1.29, 1.82) is 0 Å². The lowest BCUT2D eigenvalue weighted by Crippen LogP contribution is -2.61. The van der Waals surface area contributed by atoms with E-state index in [1.54, 1.807) is 0 Å². The van der Waals surface area contributed by atoms with E-state index in [0.717, 1.165) is 11.1 Å². The van der Waals surface area contributed by atoms with Crippen molar-refractivity contribution in [2.24, 2.45) is 0 Å². The molecule has 98 valence electrons. The van der Waals surface area contributed by atoms with Crippen molar-refractivity contribution < 1.29 is 0 Å². The third-order valence-corrected chi connectivity index (χ3v) is 12.4. The van der Waals surface area contributed by atoms with Gasteiger partial charge in [-0.15, -0.1) is 0 Å². The molecule has 0 radical (unpaired) electrons. The normalized spacial score (nSPS) is 20.6. The lowest BCUT2D eigenvalue weighted by atomic mass is 10.2. The summed E-state index contributed by atoms with van der Waals surface area (Å²) in [6.07, 6.45) is 2.62. The Hall–Kier alpha value is 0.177. The molecule has 0 aliphatic carbocycles. The molecule has 0 saturated heterocycles. The highest BCUT2D eigenvalue weighted by Crippen LogP contribution is 2.53. The van der Waals surface area contributed by atoms with Crippen LogP contribution in [0.25, 0.3) is 0 Å². The zero-order chi connectivity index (χ0) is 13.1. The second kappa shape index (κ2) is 5.68. The molecule has 0 N–H and O–H groups in total. The van der Waals surface area contributed by atoms with Crippen molar-refractivity contribution in [3.63, 3.8) is 0 Å². The molecular formula is C14H33NSi. The van der Waals surface area contributed by atoms with Crippen LogP contribution in [0.4, 0.5) is 0 Å². The first-order valence-corrected chi connectivity index (χ1v) is 8.93. The maximum absolute atomic E-state index is 2.62. The Morgan fingerprint density at radius 2 is 1.25 bits per heavy atom. The van der Waals surface area contributed by atoms with Crippen molar-refractivity contribution >= 4 is 8.24 Å². The van der Waals surface area contributed by atoms with E-state index in [2.05, 4.69) is 67.1 Å². The van der Waals surface area contributed by atoms with Crippen LogP contribution in [0.2, 0.25) is 16.1 Å². The van der Waals surface area contributed by atoms with Crippen LogP contribution in [0.15, 0.2) is 0 Å². The van der Waals surface area contributed by atoms with Crippen LogP contribution in [-0.4, -0.2) is 26.9 Å². The van der Waals surface area contributed by atoms with Gasteiger partial charge in [0.2, 0.25) is 0 Å². The lowest BCUT2D eigenvalue weighted by Gasteiger charge is -2.55. The Bertz CT molecular complexity index is 195. The Morgan fingerprint density at radius 1 is 0.938 bits per heavy atom. The summed E-state index contributed by atoms with van der Waals surface area (Å²) in [5.74, 6) is 0. The van der Waals surface area contributed by atoms with E-state index in [9.17, 15) is 0 Å². The molecule has 0 aliphatic rings. The Morgan fingerprint density at radius 3 is 1.38 bits per heavy atom. The van der Waals surface area contributed by atoms with Gasteiger partial charge in [-0.3, -0.25) is 0 Å². The minimum absolute atomic E-state index is 0.446. The second-order valence-corrected chi connectivity index (χ2v) is 12.6. The summed E-state index contributed by atoms with van der Waals surface area (Å²) in [5.41, 5.74) is 1.72. The van der Waals surface area contributed by atoms with Crippen molar-refractivity contribution in [3.8, 4) is 0 Å². The Kier molecular flexibility index (Phi) is 5.74. The molecule has 0 rings (SSSR count). The minimum Gasteiger partial charge on any atom is -0.328 e. The fourth-order valence-corrected chi connectivity index (χ4v) is 12.4. The quantitative estimate of drug-likeness (QED) is 0.621. The standard InChI is InChI=1S/C14H33NSi/c1-10-12(3)16(15(8)9,13(4)11-2)14(5,6)7/h12-13H,10-11H2,1-9H3. The predicted octanol–water partition coefficient (Wildman–Crippen LogP) is 4.89. The van der Waals surface area contributed by atoms with E-state index in [-0.39, 0.29) is 0 Å². The molecule has 0 aromatic carbocycles. The number of hydrogen-bond acceptors (Lipinski definition) is 1. The highest BCUT2D eigenvalue weighted by Gasteiger charge is 2.53. The third kappa shape index (κ3) is 2.53. The molecule has 0 bridgehead atoms. The fourth-order valence-electron chi connectivity index (χ4n) is 4.14. The van der Waals surface area contributed by atoms with E-state index in [1.165, 1.54) is 12.8 Å².